The predicted molar refractivity (Wildman–Crippen MR) is 110 cm³/mol. The fourth-order valence-electron chi connectivity index (χ4n) is 3.24. The molecule has 35 heavy (non-hydrogen) atoms. The summed E-state index contributed by atoms with van der Waals surface area (Å²) in [5.74, 6) is -5.95. The van der Waals surface area contributed by atoms with Gasteiger partial charge in [-0.3, -0.25) is 9.36 Å². The zero-order valence-electron chi connectivity index (χ0n) is 17.7. The van der Waals surface area contributed by atoms with Crippen LogP contribution in [-0.4, -0.2) is 19.3 Å². The van der Waals surface area contributed by atoms with Crippen LogP contribution in [0.15, 0.2) is 58.3 Å². The summed E-state index contributed by atoms with van der Waals surface area (Å²) < 4.78 is 90.0. The Morgan fingerprint density at radius 3 is 2.11 bits per heavy atom. The van der Waals surface area contributed by atoms with Gasteiger partial charge in [-0.25, -0.2) is 23.1 Å². The van der Waals surface area contributed by atoms with Crippen molar-refractivity contribution in [3.05, 3.63) is 98.3 Å². The summed E-state index contributed by atoms with van der Waals surface area (Å²) in [6.07, 6.45) is -4.30. The van der Waals surface area contributed by atoms with Crippen molar-refractivity contribution in [2.24, 2.45) is 7.05 Å². The summed E-state index contributed by atoms with van der Waals surface area (Å²) in [6, 6.07) is 6.69. The summed E-state index contributed by atoms with van der Waals surface area (Å²) in [5.41, 5.74) is -3.35. The highest BCUT2D eigenvalue weighted by molar-refractivity contribution is 5.64. The van der Waals surface area contributed by atoms with Crippen molar-refractivity contribution in [2.45, 2.75) is 12.7 Å². The Labute approximate surface area is 191 Å². The number of aromatic amines is 1. The molecule has 7 nitrogen and oxygen atoms in total. The van der Waals surface area contributed by atoms with Gasteiger partial charge in [-0.2, -0.15) is 18.3 Å². The van der Waals surface area contributed by atoms with Crippen LogP contribution in [0.1, 0.15) is 11.4 Å². The Bertz CT molecular complexity index is 1500. The Balaban J connectivity index is 1.78. The smallest absolute Gasteiger partial charge is 0.420 e. The van der Waals surface area contributed by atoms with Crippen LogP contribution in [0.4, 0.5) is 26.3 Å². The molecule has 2 heterocycles. The van der Waals surface area contributed by atoms with E-state index in [0.29, 0.717) is 6.07 Å². The molecular weight excluding hydrogens is 482 g/mol. The van der Waals surface area contributed by atoms with Gasteiger partial charge < -0.3 is 9.30 Å². The summed E-state index contributed by atoms with van der Waals surface area (Å²) in [6.45, 7) is -0.433. The largest absolute Gasteiger partial charge is 0.445 e. The van der Waals surface area contributed by atoms with Crippen LogP contribution < -0.4 is 16.0 Å². The van der Waals surface area contributed by atoms with E-state index >= 15 is 0 Å². The first kappa shape index (κ1) is 23.9. The van der Waals surface area contributed by atoms with Crippen molar-refractivity contribution in [2.75, 3.05) is 0 Å². The molecule has 0 amide bonds. The van der Waals surface area contributed by atoms with E-state index in [-0.39, 0.29) is 17.0 Å². The van der Waals surface area contributed by atoms with Gasteiger partial charge in [0, 0.05) is 13.2 Å². The van der Waals surface area contributed by atoms with Crippen LogP contribution in [0, 0.1) is 17.5 Å². The van der Waals surface area contributed by atoms with Gasteiger partial charge in [0.1, 0.15) is 11.4 Å². The lowest BCUT2D eigenvalue weighted by atomic mass is 10.1. The number of alkyl halides is 3. The van der Waals surface area contributed by atoms with Gasteiger partial charge in [0.25, 0.3) is 5.56 Å². The number of nitrogens with zero attached hydrogens (tertiary/aromatic N) is 3. The summed E-state index contributed by atoms with van der Waals surface area (Å²) in [7, 11) is 1.32. The first-order chi connectivity index (χ1) is 16.5. The fraction of sp³-hybridized carbons (Fsp3) is 0.136. The Hall–Kier alpha value is -4.29. The SMILES string of the molecule is Cn1c(Cn2ccc(C(F)(F)F)c(Oc3c(F)cc(-c4ccc(F)cc4)cc3F)c2=O)n[nH]c1=O. The molecule has 0 unspecified atom stereocenters. The number of hydrogen-bond donors (Lipinski definition) is 1. The number of hydrogen-bond acceptors (Lipinski definition) is 4. The van der Waals surface area contributed by atoms with Gasteiger partial charge in [0.2, 0.25) is 5.75 Å². The maximum atomic E-state index is 14.7. The molecule has 0 aliphatic rings. The van der Waals surface area contributed by atoms with E-state index in [1.807, 2.05) is 0 Å². The van der Waals surface area contributed by atoms with Crippen LogP contribution in [-0.2, 0) is 19.8 Å². The number of benzene rings is 2. The molecule has 0 aliphatic carbocycles. The van der Waals surface area contributed by atoms with E-state index in [0.717, 1.165) is 39.6 Å². The minimum absolute atomic E-state index is 0.00354. The quantitative estimate of drug-likeness (QED) is 0.420. The van der Waals surface area contributed by atoms with Crippen molar-refractivity contribution in [1.29, 1.82) is 0 Å². The minimum Gasteiger partial charge on any atom is -0.445 e. The van der Waals surface area contributed by atoms with E-state index in [4.69, 9.17) is 4.74 Å². The minimum atomic E-state index is -5.09. The standard InChI is InChI=1S/C22H14F6N4O3/c1-31-17(29-30-21(31)34)10-32-7-6-14(22(26,27)28)18(20(32)33)35-19-15(24)8-12(9-16(19)25)11-2-4-13(23)5-3-11/h2-9H,10H2,1H3,(H,30,34). The lowest BCUT2D eigenvalue weighted by Gasteiger charge is -2.16. The average Bonchev–Trinajstić information content (AvgIpc) is 3.10. The summed E-state index contributed by atoms with van der Waals surface area (Å²) in [5, 5.41) is 5.78. The molecule has 0 bridgehead atoms. The highest BCUT2D eigenvalue weighted by atomic mass is 19.4. The zero-order valence-corrected chi connectivity index (χ0v) is 17.7. The van der Waals surface area contributed by atoms with Crippen LogP contribution in [0.5, 0.6) is 11.5 Å². The lowest BCUT2D eigenvalue weighted by Crippen LogP contribution is -2.26. The maximum Gasteiger partial charge on any atom is 0.420 e. The van der Waals surface area contributed by atoms with Gasteiger partial charge >= 0.3 is 11.9 Å². The van der Waals surface area contributed by atoms with Gasteiger partial charge in [-0.15, -0.1) is 0 Å². The summed E-state index contributed by atoms with van der Waals surface area (Å²) in [4.78, 5) is 24.4. The van der Waals surface area contributed by atoms with Crippen LogP contribution >= 0.6 is 0 Å². The Morgan fingerprint density at radius 1 is 0.943 bits per heavy atom. The number of aromatic nitrogens is 4. The van der Waals surface area contributed by atoms with E-state index in [2.05, 4.69) is 10.2 Å². The maximum absolute atomic E-state index is 14.7. The topological polar surface area (TPSA) is 81.9 Å². The molecule has 0 radical (unpaired) electrons. The van der Waals surface area contributed by atoms with Gasteiger partial charge in [-0.05, 0) is 41.5 Å². The van der Waals surface area contributed by atoms with Gasteiger partial charge in [0.05, 0.1) is 6.54 Å². The van der Waals surface area contributed by atoms with E-state index in [1.165, 1.54) is 19.2 Å². The first-order valence-corrected chi connectivity index (χ1v) is 9.79. The Kier molecular flexibility index (Phi) is 6.01. The van der Waals surface area contributed by atoms with Crippen molar-refractivity contribution >= 4 is 0 Å². The molecule has 0 fully saturated rings. The monoisotopic (exact) mass is 496 g/mol. The zero-order chi connectivity index (χ0) is 25.5. The average molecular weight is 496 g/mol. The van der Waals surface area contributed by atoms with Crippen LogP contribution in [0.2, 0.25) is 0 Å². The molecule has 4 aromatic rings. The molecule has 182 valence electrons. The van der Waals surface area contributed by atoms with Crippen molar-refractivity contribution in [1.82, 2.24) is 19.3 Å². The van der Waals surface area contributed by atoms with Crippen molar-refractivity contribution < 1.29 is 31.1 Å². The van der Waals surface area contributed by atoms with Gasteiger partial charge in [0.15, 0.2) is 23.2 Å². The lowest BCUT2D eigenvalue weighted by molar-refractivity contribution is -0.138. The van der Waals surface area contributed by atoms with Crippen molar-refractivity contribution in [3.8, 4) is 22.6 Å². The third-order valence-corrected chi connectivity index (χ3v) is 5.09. The number of halogens is 6. The number of rotatable bonds is 5. The molecular formula is C22H14F6N4O3. The number of ether oxygens (including phenoxy) is 1. The third kappa shape index (κ3) is 4.69. The Morgan fingerprint density at radius 2 is 1.57 bits per heavy atom. The molecule has 0 spiro atoms. The number of pyridine rings is 1. The van der Waals surface area contributed by atoms with E-state index in [1.54, 1.807) is 0 Å². The molecule has 4 rings (SSSR count). The summed E-state index contributed by atoms with van der Waals surface area (Å²) >= 11 is 0. The third-order valence-electron chi connectivity index (χ3n) is 5.09. The normalized spacial score (nSPS) is 11.6. The molecule has 0 atom stereocenters. The first-order valence-electron chi connectivity index (χ1n) is 9.79. The molecule has 13 heteroatoms. The van der Waals surface area contributed by atoms with Crippen LogP contribution in [0.3, 0.4) is 0 Å². The van der Waals surface area contributed by atoms with Gasteiger partial charge in [-0.1, -0.05) is 12.1 Å². The second-order valence-corrected chi connectivity index (χ2v) is 7.37. The number of H-pyrrole nitrogens is 1. The molecule has 0 aliphatic heterocycles. The molecule has 2 aromatic carbocycles. The molecule has 1 N–H and O–H groups in total. The highest BCUT2D eigenvalue weighted by Gasteiger charge is 2.37. The molecule has 0 saturated carbocycles. The van der Waals surface area contributed by atoms with E-state index < -0.39 is 58.5 Å². The molecule has 0 saturated heterocycles. The highest BCUT2D eigenvalue weighted by Crippen LogP contribution is 2.38. The molecule has 2 aromatic heterocycles. The predicted octanol–water partition coefficient (Wildman–Crippen LogP) is 4.21. The van der Waals surface area contributed by atoms with Crippen LogP contribution in [0.25, 0.3) is 11.1 Å². The van der Waals surface area contributed by atoms with Crippen molar-refractivity contribution in [3.63, 3.8) is 0 Å². The van der Waals surface area contributed by atoms with E-state index in [9.17, 15) is 35.9 Å². The number of nitrogens with one attached hydrogen (secondary N) is 1. The second-order valence-electron chi connectivity index (χ2n) is 7.37. The fourth-order valence-corrected chi connectivity index (χ4v) is 3.24. The second kappa shape index (κ2) is 8.81.